The molecule has 6 nitrogen and oxygen atoms in total. The SMILES string of the molecule is CC[C@@H](Oc1ccc(C(C)(C)CC)cc1)C(=O)Nc1cccc(C(=O)CC(=O)Nc2ccccc2Cl)c1. The van der Waals surface area contributed by atoms with E-state index in [0.717, 1.165) is 6.42 Å². The lowest BCUT2D eigenvalue weighted by atomic mass is 9.82. The van der Waals surface area contributed by atoms with Crippen molar-refractivity contribution in [3.63, 3.8) is 0 Å². The van der Waals surface area contributed by atoms with Crippen molar-refractivity contribution in [2.24, 2.45) is 0 Å². The lowest BCUT2D eigenvalue weighted by Gasteiger charge is -2.24. The van der Waals surface area contributed by atoms with Crippen molar-refractivity contribution in [2.45, 2.75) is 58.5 Å². The molecule has 3 rings (SSSR count). The predicted molar refractivity (Wildman–Crippen MR) is 149 cm³/mol. The number of amides is 2. The zero-order valence-electron chi connectivity index (χ0n) is 21.6. The van der Waals surface area contributed by atoms with Crippen LogP contribution in [0.25, 0.3) is 0 Å². The quantitative estimate of drug-likeness (QED) is 0.210. The highest BCUT2D eigenvalue weighted by Crippen LogP contribution is 2.28. The Morgan fingerprint density at radius 3 is 2.27 bits per heavy atom. The van der Waals surface area contributed by atoms with Gasteiger partial charge in [-0.2, -0.15) is 0 Å². The molecule has 0 aliphatic heterocycles. The zero-order valence-corrected chi connectivity index (χ0v) is 22.4. The maximum atomic E-state index is 12.9. The second-order valence-electron chi connectivity index (χ2n) is 9.47. The first-order valence-electron chi connectivity index (χ1n) is 12.4. The molecule has 37 heavy (non-hydrogen) atoms. The van der Waals surface area contributed by atoms with E-state index in [0.29, 0.717) is 34.1 Å². The molecule has 7 heteroatoms. The smallest absolute Gasteiger partial charge is 0.265 e. The third-order valence-electron chi connectivity index (χ3n) is 6.38. The van der Waals surface area contributed by atoms with Gasteiger partial charge in [0.15, 0.2) is 11.9 Å². The van der Waals surface area contributed by atoms with Gasteiger partial charge in [-0.1, -0.05) is 75.7 Å². The van der Waals surface area contributed by atoms with Gasteiger partial charge in [-0.25, -0.2) is 0 Å². The van der Waals surface area contributed by atoms with Crippen LogP contribution in [-0.2, 0) is 15.0 Å². The fourth-order valence-corrected chi connectivity index (χ4v) is 3.86. The summed E-state index contributed by atoms with van der Waals surface area (Å²) >= 11 is 6.06. The molecule has 0 spiro atoms. The van der Waals surface area contributed by atoms with Crippen LogP contribution in [0.3, 0.4) is 0 Å². The Balaban J connectivity index is 1.61. The molecule has 1 atom stereocenters. The van der Waals surface area contributed by atoms with Crippen LogP contribution in [0.2, 0.25) is 5.02 Å². The molecule has 0 aliphatic carbocycles. The Bertz CT molecular complexity index is 1250. The lowest BCUT2D eigenvalue weighted by Crippen LogP contribution is -2.32. The van der Waals surface area contributed by atoms with Crippen LogP contribution >= 0.6 is 11.6 Å². The summed E-state index contributed by atoms with van der Waals surface area (Å²) in [5.41, 5.74) is 2.48. The number of rotatable bonds is 11. The number of carbonyl (C=O) groups is 3. The van der Waals surface area contributed by atoms with Crippen LogP contribution in [0.1, 0.15) is 62.9 Å². The van der Waals surface area contributed by atoms with Crippen LogP contribution in [0.5, 0.6) is 5.75 Å². The second-order valence-corrected chi connectivity index (χ2v) is 9.88. The summed E-state index contributed by atoms with van der Waals surface area (Å²) in [6, 6.07) is 21.1. The Morgan fingerprint density at radius 2 is 1.62 bits per heavy atom. The summed E-state index contributed by atoms with van der Waals surface area (Å²) in [6.45, 7) is 8.40. The number of ether oxygens (including phenoxy) is 1. The van der Waals surface area contributed by atoms with Crippen molar-refractivity contribution >= 4 is 40.6 Å². The van der Waals surface area contributed by atoms with Crippen molar-refractivity contribution in [1.29, 1.82) is 0 Å². The average Bonchev–Trinajstić information content (AvgIpc) is 2.89. The molecule has 194 valence electrons. The second kappa shape index (κ2) is 12.5. The Morgan fingerprint density at radius 1 is 0.919 bits per heavy atom. The molecule has 3 aromatic carbocycles. The number of anilines is 2. The minimum atomic E-state index is -0.703. The number of halogens is 1. The van der Waals surface area contributed by atoms with Crippen LogP contribution in [0.15, 0.2) is 72.8 Å². The molecular formula is C30H33ClN2O4. The van der Waals surface area contributed by atoms with E-state index in [4.69, 9.17) is 16.3 Å². The van der Waals surface area contributed by atoms with Gasteiger partial charge in [0.05, 0.1) is 17.1 Å². The molecule has 0 heterocycles. The topological polar surface area (TPSA) is 84.5 Å². The van der Waals surface area contributed by atoms with Crippen LogP contribution in [0, 0.1) is 0 Å². The molecular weight excluding hydrogens is 488 g/mol. The summed E-state index contributed by atoms with van der Waals surface area (Å²) in [6.07, 6.45) is 0.426. The number of Topliss-reactive ketones (excluding diaryl/α,β-unsaturated/α-hetero) is 1. The largest absolute Gasteiger partial charge is 0.481 e. The van der Waals surface area contributed by atoms with Crippen molar-refractivity contribution in [3.05, 3.63) is 88.9 Å². The first-order valence-corrected chi connectivity index (χ1v) is 12.8. The van der Waals surface area contributed by atoms with Crippen LogP contribution < -0.4 is 15.4 Å². The summed E-state index contributed by atoms with van der Waals surface area (Å²) in [7, 11) is 0. The monoisotopic (exact) mass is 520 g/mol. The highest BCUT2D eigenvalue weighted by atomic mass is 35.5. The molecule has 0 aromatic heterocycles. The van der Waals surface area contributed by atoms with Crippen molar-refractivity contribution < 1.29 is 19.1 Å². The van der Waals surface area contributed by atoms with Gasteiger partial charge in [0.25, 0.3) is 5.91 Å². The molecule has 0 unspecified atom stereocenters. The molecule has 0 aliphatic rings. The van der Waals surface area contributed by atoms with Crippen molar-refractivity contribution in [2.75, 3.05) is 10.6 Å². The molecule has 0 radical (unpaired) electrons. The van der Waals surface area contributed by atoms with E-state index < -0.39 is 12.0 Å². The van der Waals surface area contributed by atoms with E-state index in [9.17, 15) is 14.4 Å². The number of carbonyl (C=O) groups excluding carboxylic acids is 3. The lowest BCUT2D eigenvalue weighted by molar-refractivity contribution is -0.122. The molecule has 0 saturated heterocycles. The van der Waals surface area contributed by atoms with Gasteiger partial charge >= 0.3 is 0 Å². The van der Waals surface area contributed by atoms with E-state index in [1.807, 2.05) is 31.2 Å². The van der Waals surface area contributed by atoms with Gasteiger partial charge in [0.1, 0.15) is 5.75 Å². The number of nitrogens with one attached hydrogen (secondary N) is 2. The highest BCUT2D eigenvalue weighted by Gasteiger charge is 2.21. The molecule has 0 fully saturated rings. The van der Waals surface area contributed by atoms with Gasteiger partial charge < -0.3 is 15.4 Å². The van der Waals surface area contributed by atoms with Gasteiger partial charge in [-0.3, -0.25) is 14.4 Å². The number of para-hydroxylation sites is 1. The molecule has 2 amide bonds. The van der Waals surface area contributed by atoms with Crippen molar-refractivity contribution in [1.82, 2.24) is 0 Å². The number of benzene rings is 3. The van der Waals surface area contributed by atoms with Gasteiger partial charge in [0, 0.05) is 11.3 Å². The third-order valence-corrected chi connectivity index (χ3v) is 6.71. The molecule has 0 bridgehead atoms. The fraction of sp³-hybridized carbons (Fsp3) is 0.300. The maximum Gasteiger partial charge on any atom is 0.265 e. The third kappa shape index (κ3) is 7.67. The number of ketones is 1. The van der Waals surface area contributed by atoms with E-state index in [2.05, 4.69) is 31.4 Å². The molecule has 0 saturated carbocycles. The summed E-state index contributed by atoms with van der Waals surface area (Å²) in [4.78, 5) is 37.9. The normalized spacial score (nSPS) is 11.9. The summed E-state index contributed by atoms with van der Waals surface area (Å²) in [5, 5.41) is 5.85. The number of hydrogen-bond acceptors (Lipinski definition) is 4. The average molecular weight is 521 g/mol. The van der Waals surface area contributed by atoms with E-state index >= 15 is 0 Å². The van der Waals surface area contributed by atoms with Crippen LogP contribution in [-0.4, -0.2) is 23.7 Å². The zero-order chi connectivity index (χ0) is 27.0. The first-order chi connectivity index (χ1) is 17.6. The summed E-state index contributed by atoms with van der Waals surface area (Å²) < 4.78 is 5.95. The molecule has 3 aromatic rings. The predicted octanol–water partition coefficient (Wildman–Crippen LogP) is 7.04. The maximum absolute atomic E-state index is 12.9. The van der Waals surface area contributed by atoms with Crippen LogP contribution in [0.4, 0.5) is 11.4 Å². The minimum Gasteiger partial charge on any atom is -0.481 e. The first kappa shape index (κ1) is 27.9. The Hall–Kier alpha value is -3.64. The van der Waals surface area contributed by atoms with E-state index in [1.54, 1.807) is 48.5 Å². The Kier molecular flexibility index (Phi) is 9.48. The van der Waals surface area contributed by atoms with E-state index in [-0.39, 0.29) is 23.5 Å². The van der Waals surface area contributed by atoms with Gasteiger partial charge in [-0.15, -0.1) is 0 Å². The summed E-state index contributed by atoms with van der Waals surface area (Å²) in [5.74, 6) is -0.549. The standard InChI is InChI=1S/C30H33ClN2O4/c1-5-27(37-23-16-14-21(15-17-23)30(3,4)6-2)29(36)32-22-11-9-10-20(18-22)26(34)19-28(35)33-25-13-8-7-12-24(25)31/h7-18,27H,5-6,19H2,1-4H3,(H,32,36)(H,33,35)/t27-/m1/s1. The minimum absolute atomic E-state index is 0.0672. The van der Waals surface area contributed by atoms with E-state index in [1.165, 1.54) is 5.56 Å². The molecule has 2 N–H and O–H groups in total. The van der Waals surface area contributed by atoms with Gasteiger partial charge in [0.2, 0.25) is 5.91 Å². The Labute approximate surface area is 223 Å². The number of hydrogen-bond donors (Lipinski definition) is 2. The van der Waals surface area contributed by atoms with Crippen molar-refractivity contribution in [3.8, 4) is 5.75 Å². The van der Waals surface area contributed by atoms with Gasteiger partial charge in [-0.05, 0) is 60.2 Å². The fourth-order valence-electron chi connectivity index (χ4n) is 3.67. The highest BCUT2D eigenvalue weighted by molar-refractivity contribution is 6.33.